The van der Waals surface area contributed by atoms with Gasteiger partial charge in [-0.3, -0.25) is 19.0 Å². The molecule has 5 aromatic rings. The smallest absolute Gasteiger partial charge is 0.330 e. The molecule has 7 rings (SSSR count). The highest BCUT2D eigenvalue weighted by Crippen LogP contribution is 2.39. The van der Waals surface area contributed by atoms with Crippen molar-refractivity contribution in [1.82, 2.24) is 18.9 Å². The van der Waals surface area contributed by atoms with E-state index < -0.39 is 47.2 Å². The highest BCUT2D eigenvalue weighted by molar-refractivity contribution is 5.90. The van der Waals surface area contributed by atoms with Crippen LogP contribution in [0.25, 0.3) is 0 Å². The minimum Gasteiger partial charge on any atom is -0.478 e. The molecule has 3 heterocycles. The van der Waals surface area contributed by atoms with Gasteiger partial charge in [0.1, 0.15) is 35.2 Å². The van der Waals surface area contributed by atoms with Gasteiger partial charge in [0.25, 0.3) is 17.4 Å². The lowest BCUT2D eigenvalue weighted by Gasteiger charge is -2.47. The van der Waals surface area contributed by atoms with E-state index in [9.17, 15) is 28.0 Å². The van der Waals surface area contributed by atoms with Crippen molar-refractivity contribution in [3.63, 3.8) is 0 Å². The number of ether oxygens (including phenoxy) is 2. The van der Waals surface area contributed by atoms with Crippen LogP contribution in [-0.2, 0) is 22.7 Å². The summed E-state index contributed by atoms with van der Waals surface area (Å²) in [6, 6.07) is 28.9. The molecule has 0 spiro atoms. The normalized spacial score (nSPS) is 19.5. The first-order valence-corrected chi connectivity index (χ1v) is 17.6. The first-order chi connectivity index (χ1) is 25.7. The Hall–Kier alpha value is -6.04. The van der Waals surface area contributed by atoms with Crippen molar-refractivity contribution in [3.05, 3.63) is 165 Å². The van der Waals surface area contributed by atoms with E-state index in [4.69, 9.17) is 9.47 Å². The van der Waals surface area contributed by atoms with Crippen LogP contribution in [-0.4, -0.2) is 56.0 Å². The van der Waals surface area contributed by atoms with Gasteiger partial charge < -0.3 is 23.8 Å². The summed E-state index contributed by atoms with van der Waals surface area (Å²) in [5.74, 6) is -0.333. The van der Waals surface area contributed by atoms with Crippen LogP contribution in [0.2, 0.25) is 0 Å². The maximum atomic E-state index is 14.2. The molecule has 0 N–H and O–H groups in total. The Kier molecular flexibility index (Phi) is 10.2. The van der Waals surface area contributed by atoms with Crippen molar-refractivity contribution >= 4 is 11.8 Å². The van der Waals surface area contributed by atoms with E-state index in [1.54, 1.807) is 89.5 Å². The Bertz CT molecular complexity index is 2230. The third-order valence-electron chi connectivity index (χ3n) is 9.68. The van der Waals surface area contributed by atoms with Gasteiger partial charge in [0, 0.05) is 37.9 Å². The summed E-state index contributed by atoms with van der Waals surface area (Å²) in [6.45, 7) is 2.37. The molecule has 2 aliphatic heterocycles. The van der Waals surface area contributed by atoms with Crippen molar-refractivity contribution in [2.45, 2.75) is 57.1 Å². The van der Waals surface area contributed by atoms with Crippen molar-refractivity contribution < 1.29 is 27.8 Å². The number of carbonyl (C=O) groups is 2. The zero-order chi connectivity index (χ0) is 37.1. The van der Waals surface area contributed by atoms with E-state index in [2.05, 4.69) is 0 Å². The van der Waals surface area contributed by atoms with Crippen LogP contribution in [0.4, 0.5) is 8.78 Å². The van der Waals surface area contributed by atoms with Crippen molar-refractivity contribution in [3.8, 4) is 11.5 Å². The molecule has 272 valence electrons. The molecule has 0 saturated carbocycles. The number of carbonyl (C=O) groups excluding carboxylic acids is 2. The predicted molar refractivity (Wildman–Crippen MR) is 192 cm³/mol. The van der Waals surface area contributed by atoms with Gasteiger partial charge in [0.05, 0.1) is 0 Å². The number of aryl methyl sites for hydroxylation is 2. The van der Waals surface area contributed by atoms with E-state index in [-0.39, 0.29) is 44.4 Å². The van der Waals surface area contributed by atoms with E-state index in [1.807, 2.05) is 12.1 Å². The highest BCUT2D eigenvalue weighted by atomic mass is 19.1. The molecule has 0 radical (unpaired) electrons. The van der Waals surface area contributed by atoms with E-state index >= 15 is 0 Å². The molecule has 4 aromatic carbocycles. The van der Waals surface area contributed by atoms with Gasteiger partial charge >= 0.3 is 5.69 Å². The minimum atomic E-state index is -0.850. The average molecular weight is 721 g/mol. The van der Waals surface area contributed by atoms with Crippen LogP contribution >= 0.6 is 0 Å². The summed E-state index contributed by atoms with van der Waals surface area (Å²) < 4.78 is 43.1. The Morgan fingerprint density at radius 3 is 1.53 bits per heavy atom. The van der Waals surface area contributed by atoms with Crippen LogP contribution in [0.3, 0.4) is 0 Å². The van der Waals surface area contributed by atoms with Gasteiger partial charge in [0.2, 0.25) is 12.2 Å². The van der Waals surface area contributed by atoms with Crippen LogP contribution in [0.15, 0.2) is 125 Å². The van der Waals surface area contributed by atoms with Gasteiger partial charge in [-0.2, -0.15) is 0 Å². The predicted octanol–water partition coefficient (Wildman–Crippen LogP) is 5.44. The maximum Gasteiger partial charge on any atom is 0.330 e. The third kappa shape index (κ3) is 7.35. The number of aromatic nitrogens is 2. The summed E-state index contributed by atoms with van der Waals surface area (Å²) in [5.41, 5.74) is 0.611. The SMILES string of the molecule is Cc1cn(CCCN2C(=O)[C@@H](Oc3ccccc3)[C@H]2c2cccc(F)c2)c(=O)n(CCCN2C(=O)[C@@H](Oc3ccccc3)[C@H]2c2cccc(F)c2)c1=O. The third-order valence-corrected chi connectivity index (χ3v) is 9.68. The van der Waals surface area contributed by atoms with Crippen LogP contribution in [0.1, 0.15) is 41.6 Å². The fraction of sp³-hybridized carbons (Fsp3) is 0.268. The molecule has 4 atom stereocenters. The molecule has 1 aromatic heterocycles. The van der Waals surface area contributed by atoms with Crippen molar-refractivity contribution in [1.29, 1.82) is 0 Å². The lowest BCUT2D eigenvalue weighted by molar-refractivity contribution is -0.164. The number of para-hydroxylation sites is 2. The average Bonchev–Trinajstić information content (AvgIpc) is 3.16. The van der Waals surface area contributed by atoms with E-state index in [0.717, 1.165) is 4.57 Å². The Morgan fingerprint density at radius 1 is 0.585 bits per heavy atom. The number of amides is 2. The molecule has 2 amide bonds. The molecular formula is C41H38F2N4O6. The van der Waals surface area contributed by atoms with Gasteiger partial charge in [0.15, 0.2) is 0 Å². The quantitative estimate of drug-likeness (QED) is 0.142. The number of benzene rings is 4. The molecular weight excluding hydrogens is 682 g/mol. The standard InChI is InChI=1S/C41H38F2N4O6/c1-27-26-44(20-10-21-45-34(28-12-8-14-30(42)24-28)36(39(45)49)52-32-16-4-2-5-17-32)41(51)47(38(27)48)23-11-22-46-35(29-13-9-15-31(43)25-29)37(40(46)50)53-33-18-6-3-7-19-33/h2-9,12-19,24-26,34-37H,10-11,20-23H2,1H3/t34-,35-,36+,37+/m1/s1. The van der Waals surface area contributed by atoms with Crippen LogP contribution in [0, 0.1) is 18.6 Å². The summed E-state index contributed by atoms with van der Waals surface area (Å²) in [7, 11) is 0. The molecule has 53 heavy (non-hydrogen) atoms. The van der Waals surface area contributed by atoms with Gasteiger partial charge in [-0.15, -0.1) is 0 Å². The second-order valence-corrected chi connectivity index (χ2v) is 13.2. The number of β-lactam (4-membered cyclic amide) rings is 2. The molecule has 0 aliphatic carbocycles. The lowest BCUT2D eigenvalue weighted by atomic mass is 9.90. The van der Waals surface area contributed by atoms with Gasteiger partial charge in [-0.25, -0.2) is 13.6 Å². The minimum absolute atomic E-state index is 0.0496. The molecule has 2 saturated heterocycles. The second kappa shape index (κ2) is 15.3. The number of hydrogen-bond donors (Lipinski definition) is 0. The van der Waals surface area contributed by atoms with Crippen molar-refractivity contribution in [2.24, 2.45) is 0 Å². The molecule has 2 fully saturated rings. The summed E-state index contributed by atoms with van der Waals surface area (Å²) >= 11 is 0. The van der Waals surface area contributed by atoms with Gasteiger partial charge in [-0.05, 0) is 79.4 Å². The fourth-order valence-corrected chi connectivity index (χ4v) is 7.11. The lowest BCUT2D eigenvalue weighted by Crippen LogP contribution is -2.61. The Balaban J connectivity index is 1.02. The molecule has 0 unspecified atom stereocenters. The highest BCUT2D eigenvalue weighted by Gasteiger charge is 2.51. The second-order valence-electron chi connectivity index (χ2n) is 13.2. The zero-order valence-corrected chi connectivity index (χ0v) is 29.0. The fourth-order valence-electron chi connectivity index (χ4n) is 7.11. The molecule has 12 heteroatoms. The largest absolute Gasteiger partial charge is 0.478 e. The molecule has 0 bridgehead atoms. The monoisotopic (exact) mass is 720 g/mol. The van der Waals surface area contributed by atoms with Crippen LogP contribution in [0.5, 0.6) is 11.5 Å². The molecule has 10 nitrogen and oxygen atoms in total. The molecule has 2 aliphatic rings. The number of rotatable bonds is 14. The summed E-state index contributed by atoms with van der Waals surface area (Å²) in [6.07, 6.45) is 0.499. The number of hydrogen-bond acceptors (Lipinski definition) is 6. The topological polar surface area (TPSA) is 103 Å². The Morgan fingerprint density at radius 2 is 1.06 bits per heavy atom. The first-order valence-electron chi connectivity index (χ1n) is 17.6. The van der Waals surface area contributed by atoms with E-state index in [1.165, 1.54) is 35.0 Å². The first kappa shape index (κ1) is 35.4. The number of nitrogens with zero attached hydrogens (tertiary/aromatic N) is 4. The maximum absolute atomic E-state index is 14.2. The van der Waals surface area contributed by atoms with Crippen molar-refractivity contribution in [2.75, 3.05) is 13.1 Å². The number of halogens is 2. The number of likely N-dealkylation sites (tertiary alicyclic amines) is 2. The van der Waals surface area contributed by atoms with Crippen LogP contribution < -0.4 is 20.7 Å². The summed E-state index contributed by atoms with van der Waals surface area (Å²) in [4.78, 5) is 56.5. The van der Waals surface area contributed by atoms with Gasteiger partial charge in [-0.1, -0.05) is 60.7 Å². The zero-order valence-electron chi connectivity index (χ0n) is 29.0. The Labute approximate surface area is 304 Å². The van der Waals surface area contributed by atoms with E-state index in [0.29, 0.717) is 34.6 Å². The summed E-state index contributed by atoms with van der Waals surface area (Å²) in [5, 5.41) is 0.